The molecule has 78 valence electrons. The zero-order valence-electron chi connectivity index (χ0n) is 8.46. The fraction of sp³-hybridized carbons (Fsp3) is 0.0833. The highest BCUT2D eigenvalue weighted by molar-refractivity contribution is 5.54. The van der Waals surface area contributed by atoms with Gasteiger partial charge in [-0.15, -0.1) is 0 Å². The van der Waals surface area contributed by atoms with E-state index in [9.17, 15) is 0 Å². The summed E-state index contributed by atoms with van der Waals surface area (Å²) in [6.07, 6.45) is 3.12. The molecule has 16 heavy (non-hydrogen) atoms. The molecule has 0 bridgehead atoms. The lowest BCUT2D eigenvalue weighted by Gasteiger charge is -2.00. The molecule has 0 aliphatic rings. The largest absolute Gasteiger partial charge is 0.392 e. The van der Waals surface area contributed by atoms with E-state index in [0.29, 0.717) is 11.3 Å². The average molecular weight is 211 g/mol. The Morgan fingerprint density at radius 2 is 1.75 bits per heavy atom. The number of nitrogens with zero attached hydrogens (tertiary/aromatic N) is 3. The number of aliphatic hydroxyl groups is 1. The van der Waals surface area contributed by atoms with Crippen LogP contribution in [0.15, 0.2) is 36.7 Å². The molecular formula is C12H9N3O. The summed E-state index contributed by atoms with van der Waals surface area (Å²) < 4.78 is 0. The van der Waals surface area contributed by atoms with Crippen molar-refractivity contribution in [1.29, 1.82) is 5.26 Å². The van der Waals surface area contributed by atoms with Crippen molar-refractivity contribution in [2.24, 2.45) is 0 Å². The van der Waals surface area contributed by atoms with E-state index in [1.807, 2.05) is 6.07 Å². The highest BCUT2D eigenvalue weighted by Crippen LogP contribution is 2.14. The second kappa shape index (κ2) is 4.51. The van der Waals surface area contributed by atoms with Gasteiger partial charge in [0.15, 0.2) is 0 Å². The summed E-state index contributed by atoms with van der Waals surface area (Å²) in [5.41, 5.74) is 2.72. The zero-order chi connectivity index (χ0) is 11.4. The molecule has 0 aliphatic heterocycles. The molecule has 0 spiro atoms. The Morgan fingerprint density at radius 3 is 2.19 bits per heavy atom. The van der Waals surface area contributed by atoms with Gasteiger partial charge in [0, 0.05) is 12.4 Å². The number of pyridine rings is 2. The number of hydrogen-bond donors (Lipinski definition) is 1. The lowest BCUT2D eigenvalue weighted by molar-refractivity contribution is 0.281. The molecule has 0 saturated carbocycles. The van der Waals surface area contributed by atoms with Crippen molar-refractivity contribution in [2.75, 3.05) is 0 Å². The fourth-order valence-corrected chi connectivity index (χ4v) is 1.28. The Bertz CT molecular complexity index is 511. The Hall–Kier alpha value is -2.25. The number of nitriles is 1. The third-order valence-corrected chi connectivity index (χ3v) is 2.16. The van der Waals surface area contributed by atoms with Gasteiger partial charge in [-0.05, 0) is 23.8 Å². The van der Waals surface area contributed by atoms with Crippen LogP contribution in [0.3, 0.4) is 0 Å². The molecule has 2 aromatic rings. The highest BCUT2D eigenvalue weighted by atomic mass is 16.3. The van der Waals surface area contributed by atoms with Gasteiger partial charge in [-0.2, -0.15) is 5.26 Å². The van der Waals surface area contributed by atoms with Crippen LogP contribution in [0.2, 0.25) is 0 Å². The van der Waals surface area contributed by atoms with Crippen LogP contribution in [0.25, 0.3) is 11.4 Å². The maximum Gasteiger partial charge on any atom is 0.101 e. The predicted molar refractivity (Wildman–Crippen MR) is 58.1 cm³/mol. The van der Waals surface area contributed by atoms with E-state index in [1.165, 1.54) is 6.20 Å². The van der Waals surface area contributed by atoms with Gasteiger partial charge in [0.05, 0.1) is 23.6 Å². The van der Waals surface area contributed by atoms with Crippen LogP contribution >= 0.6 is 0 Å². The maximum atomic E-state index is 8.88. The molecule has 0 fully saturated rings. The van der Waals surface area contributed by atoms with Crippen LogP contribution in [-0.2, 0) is 6.61 Å². The molecule has 0 unspecified atom stereocenters. The van der Waals surface area contributed by atoms with Crippen LogP contribution in [0, 0.1) is 11.3 Å². The topological polar surface area (TPSA) is 69.8 Å². The summed E-state index contributed by atoms with van der Waals surface area (Å²) >= 11 is 0. The van der Waals surface area contributed by atoms with Crippen molar-refractivity contribution in [2.45, 2.75) is 6.61 Å². The van der Waals surface area contributed by atoms with Gasteiger partial charge in [0.25, 0.3) is 0 Å². The molecule has 0 atom stereocenters. The summed E-state index contributed by atoms with van der Waals surface area (Å²) in [5.74, 6) is 0. The number of hydrogen-bond acceptors (Lipinski definition) is 4. The van der Waals surface area contributed by atoms with E-state index in [-0.39, 0.29) is 6.61 Å². The number of aromatic nitrogens is 2. The summed E-state index contributed by atoms with van der Waals surface area (Å²) in [6, 6.07) is 9.04. The summed E-state index contributed by atoms with van der Waals surface area (Å²) in [6.45, 7) is -0.0198. The third-order valence-electron chi connectivity index (χ3n) is 2.16. The van der Waals surface area contributed by atoms with Crippen molar-refractivity contribution >= 4 is 0 Å². The first-order valence-electron chi connectivity index (χ1n) is 4.76. The smallest absolute Gasteiger partial charge is 0.101 e. The van der Waals surface area contributed by atoms with Crippen molar-refractivity contribution < 1.29 is 5.11 Å². The number of rotatable bonds is 2. The van der Waals surface area contributed by atoms with Crippen molar-refractivity contribution in [1.82, 2.24) is 9.97 Å². The normalized spacial score (nSPS) is 9.75. The fourth-order valence-electron chi connectivity index (χ4n) is 1.28. The minimum atomic E-state index is -0.0198. The van der Waals surface area contributed by atoms with E-state index >= 15 is 0 Å². The van der Waals surface area contributed by atoms with Crippen molar-refractivity contribution in [3.8, 4) is 17.5 Å². The molecule has 4 heteroatoms. The molecule has 0 aromatic carbocycles. The second-order valence-electron chi connectivity index (χ2n) is 3.25. The van der Waals surface area contributed by atoms with Gasteiger partial charge < -0.3 is 5.11 Å². The third kappa shape index (κ3) is 2.05. The molecule has 2 aromatic heterocycles. The molecule has 2 heterocycles. The van der Waals surface area contributed by atoms with Crippen LogP contribution in [0.4, 0.5) is 0 Å². The first kappa shape index (κ1) is 10.3. The van der Waals surface area contributed by atoms with Gasteiger partial charge >= 0.3 is 0 Å². The zero-order valence-corrected chi connectivity index (χ0v) is 8.46. The van der Waals surface area contributed by atoms with Gasteiger partial charge in [-0.25, -0.2) is 0 Å². The highest BCUT2D eigenvalue weighted by Gasteiger charge is 2.01. The van der Waals surface area contributed by atoms with Gasteiger partial charge in [-0.1, -0.05) is 6.07 Å². The summed E-state index contributed by atoms with van der Waals surface area (Å²) in [7, 11) is 0. The predicted octanol–water partition coefficient (Wildman–Crippen LogP) is 1.51. The molecule has 0 saturated heterocycles. The molecule has 1 N–H and O–H groups in total. The van der Waals surface area contributed by atoms with E-state index in [2.05, 4.69) is 9.97 Å². The monoisotopic (exact) mass is 211 g/mol. The van der Waals surface area contributed by atoms with Crippen molar-refractivity contribution in [3.05, 3.63) is 47.8 Å². The Labute approximate surface area is 92.8 Å². The number of aliphatic hydroxyl groups excluding tert-OH is 1. The Morgan fingerprint density at radius 1 is 1.06 bits per heavy atom. The maximum absolute atomic E-state index is 8.88. The first-order valence-corrected chi connectivity index (χ1v) is 4.76. The molecule has 4 nitrogen and oxygen atoms in total. The van der Waals surface area contributed by atoms with E-state index in [4.69, 9.17) is 10.4 Å². The molecule has 0 radical (unpaired) electrons. The van der Waals surface area contributed by atoms with Crippen LogP contribution in [0.5, 0.6) is 0 Å². The lowest BCUT2D eigenvalue weighted by Crippen LogP contribution is -1.90. The summed E-state index contributed by atoms with van der Waals surface area (Å²) in [4.78, 5) is 8.30. The molecular weight excluding hydrogens is 202 g/mol. The first-order chi connectivity index (χ1) is 7.83. The average Bonchev–Trinajstić information content (AvgIpc) is 2.39. The van der Waals surface area contributed by atoms with Crippen molar-refractivity contribution in [3.63, 3.8) is 0 Å². The molecule has 0 aliphatic carbocycles. The molecule has 0 amide bonds. The van der Waals surface area contributed by atoms with Crippen LogP contribution < -0.4 is 0 Å². The van der Waals surface area contributed by atoms with Gasteiger partial charge in [-0.3, -0.25) is 9.97 Å². The van der Waals surface area contributed by atoms with Gasteiger partial charge in [0.1, 0.15) is 6.07 Å². The molecule has 2 rings (SSSR count). The standard InChI is InChI=1S/C12H9N3O/c13-5-9-1-3-11(14-6-9)12-4-2-10(8-16)7-15-12/h1-4,6-7,16H,8H2. The second-order valence-corrected chi connectivity index (χ2v) is 3.25. The summed E-state index contributed by atoms with van der Waals surface area (Å²) in [5, 5.41) is 17.5. The van der Waals surface area contributed by atoms with E-state index < -0.39 is 0 Å². The van der Waals surface area contributed by atoms with Crippen LogP contribution in [0.1, 0.15) is 11.1 Å². The minimum Gasteiger partial charge on any atom is -0.392 e. The SMILES string of the molecule is N#Cc1ccc(-c2ccc(CO)cn2)nc1. The minimum absolute atomic E-state index is 0.0198. The van der Waals surface area contributed by atoms with Gasteiger partial charge in [0.2, 0.25) is 0 Å². The lowest BCUT2D eigenvalue weighted by atomic mass is 10.2. The van der Waals surface area contributed by atoms with E-state index in [1.54, 1.807) is 30.5 Å². The Balaban J connectivity index is 2.32. The quantitative estimate of drug-likeness (QED) is 0.817. The van der Waals surface area contributed by atoms with E-state index in [0.717, 1.165) is 11.3 Å². The Kier molecular flexibility index (Phi) is 2.90. The van der Waals surface area contributed by atoms with Crippen LogP contribution in [-0.4, -0.2) is 15.1 Å².